The molecule has 0 aliphatic rings. The first kappa shape index (κ1) is 14.4. The smallest absolute Gasteiger partial charge is 0.239 e. The zero-order valence-corrected chi connectivity index (χ0v) is 11.6. The van der Waals surface area contributed by atoms with Gasteiger partial charge in [0.1, 0.15) is 5.82 Å². The standard InChI is InChI=1S/C15H15FN2OS/c16-12-6-8-14(9-7-12)20-11-10-15(19)18-17-13-4-2-1-3-5-13/h1-9,17H,10-11H2,(H,18,19). The van der Waals surface area contributed by atoms with E-state index in [4.69, 9.17) is 0 Å². The molecule has 2 rings (SSSR count). The Morgan fingerprint density at radius 3 is 2.45 bits per heavy atom. The van der Waals surface area contributed by atoms with Crippen molar-refractivity contribution in [2.45, 2.75) is 11.3 Å². The predicted molar refractivity (Wildman–Crippen MR) is 79.9 cm³/mol. The molecule has 0 bridgehead atoms. The van der Waals surface area contributed by atoms with Crippen molar-refractivity contribution in [3.8, 4) is 0 Å². The van der Waals surface area contributed by atoms with Crippen molar-refractivity contribution in [1.82, 2.24) is 5.43 Å². The third kappa shape index (κ3) is 4.93. The van der Waals surface area contributed by atoms with Crippen LogP contribution in [0.2, 0.25) is 0 Å². The lowest BCUT2D eigenvalue weighted by molar-refractivity contribution is -0.120. The van der Waals surface area contributed by atoms with Gasteiger partial charge in [0.05, 0.1) is 5.69 Å². The van der Waals surface area contributed by atoms with Crippen LogP contribution in [-0.2, 0) is 4.79 Å². The number of hydrogen-bond donors (Lipinski definition) is 2. The molecular weight excluding hydrogens is 275 g/mol. The topological polar surface area (TPSA) is 41.1 Å². The maximum absolute atomic E-state index is 12.7. The van der Waals surface area contributed by atoms with E-state index in [1.807, 2.05) is 30.3 Å². The van der Waals surface area contributed by atoms with Gasteiger partial charge in [-0.05, 0) is 36.4 Å². The summed E-state index contributed by atoms with van der Waals surface area (Å²) in [5.41, 5.74) is 6.31. The fourth-order valence-corrected chi connectivity index (χ4v) is 2.37. The summed E-state index contributed by atoms with van der Waals surface area (Å²) in [5.74, 6) is 0.316. The van der Waals surface area contributed by atoms with Crippen molar-refractivity contribution in [2.24, 2.45) is 0 Å². The zero-order chi connectivity index (χ0) is 14.2. The Morgan fingerprint density at radius 1 is 1.05 bits per heavy atom. The normalized spacial score (nSPS) is 10.1. The van der Waals surface area contributed by atoms with Crippen molar-refractivity contribution in [3.05, 3.63) is 60.4 Å². The molecule has 1 amide bonds. The van der Waals surface area contributed by atoms with Crippen LogP contribution in [0.25, 0.3) is 0 Å². The molecule has 0 spiro atoms. The van der Waals surface area contributed by atoms with Crippen molar-refractivity contribution in [1.29, 1.82) is 0 Å². The van der Waals surface area contributed by atoms with Gasteiger partial charge < -0.3 is 0 Å². The van der Waals surface area contributed by atoms with Gasteiger partial charge in [-0.1, -0.05) is 18.2 Å². The maximum atomic E-state index is 12.7. The summed E-state index contributed by atoms with van der Waals surface area (Å²) in [6, 6.07) is 15.7. The van der Waals surface area contributed by atoms with Gasteiger partial charge in [-0.2, -0.15) is 0 Å². The van der Waals surface area contributed by atoms with Gasteiger partial charge in [0.2, 0.25) is 5.91 Å². The molecule has 0 unspecified atom stereocenters. The number of anilines is 1. The number of amides is 1. The van der Waals surface area contributed by atoms with E-state index in [1.165, 1.54) is 23.9 Å². The van der Waals surface area contributed by atoms with Crippen molar-refractivity contribution < 1.29 is 9.18 Å². The Bertz CT molecular complexity index is 546. The van der Waals surface area contributed by atoms with E-state index < -0.39 is 0 Å². The van der Waals surface area contributed by atoms with Crippen LogP contribution in [0.5, 0.6) is 0 Å². The highest BCUT2D eigenvalue weighted by Crippen LogP contribution is 2.18. The van der Waals surface area contributed by atoms with Crippen LogP contribution in [0.1, 0.15) is 6.42 Å². The summed E-state index contributed by atoms with van der Waals surface area (Å²) in [7, 11) is 0. The highest BCUT2D eigenvalue weighted by atomic mass is 32.2. The lowest BCUT2D eigenvalue weighted by Gasteiger charge is -2.08. The second-order valence-electron chi connectivity index (χ2n) is 4.09. The molecule has 0 heterocycles. The van der Waals surface area contributed by atoms with Gasteiger partial charge in [-0.15, -0.1) is 11.8 Å². The van der Waals surface area contributed by atoms with Gasteiger partial charge in [0.15, 0.2) is 0 Å². The number of carbonyl (C=O) groups is 1. The number of thioether (sulfide) groups is 1. The number of rotatable bonds is 6. The molecule has 2 aromatic carbocycles. The predicted octanol–water partition coefficient (Wildman–Crippen LogP) is 3.45. The minimum atomic E-state index is -0.251. The molecule has 2 N–H and O–H groups in total. The molecule has 0 atom stereocenters. The number of halogens is 1. The number of hydrazine groups is 1. The summed E-state index contributed by atoms with van der Waals surface area (Å²) < 4.78 is 12.7. The first-order chi connectivity index (χ1) is 9.74. The number of para-hydroxylation sites is 1. The van der Waals surface area contributed by atoms with Crippen LogP contribution >= 0.6 is 11.8 Å². The Hall–Kier alpha value is -2.01. The molecule has 0 aliphatic carbocycles. The van der Waals surface area contributed by atoms with Gasteiger partial charge in [-0.25, -0.2) is 4.39 Å². The van der Waals surface area contributed by atoms with Crippen LogP contribution in [0.3, 0.4) is 0 Å². The van der Waals surface area contributed by atoms with E-state index in [1.54, 1.807) is 12.1 Å². The summed E-state index contributed by atoms with van der Waals surface area (Å²) in [4.78, 5) is 12.6. The van der Waals surface area contributed by atoms with Gasteiger partial charge in [0, 0.05) is 17.1 Å². The van der Waals surface area contributed by atoms with Crippen LogP contribution in [-0.4, -0.2) is 11.7 Å². The van der Waals surface area contributed by atoms with Crippen molar-refractivity contribution >= 4 is 23.4 Å². The van der Waals surface area contributed by atoms with Crippen LogP contribution in [0.4, 0.5) is 10.1 Å². The summed E-state index contributed by atoms with van der Waals surface area (Å²) in [6.07, 6.45) is 0.391. The zero-order valence-electron chi connectivity index (χ0n) is 10.8. The highest BCUT2D eigenvalue weighted by molar-refractivity contribution is 7.99. The minimum Gasteiger partial charge on any atom is -0.299 e. The number of carbonyl (C=O) groups excluding carboxylic acids is 1. The van der Waals surface area contributed by atoms with Gasteiger partial charge >= 0.3 is 0 Å². The maximum Gasteiger partial charge on any atom is 0.239 e. The average Bonchev–Trinajstić information content (AvgIpc) is 2.48. The molecule has 20 heavy (non-hydrogen) atoms. The molecule has 0 saturated heterocycles. The van der Waals surface area contributed by atoms with E-state index >= 15 is 0 Å². The lowest BCUT2D eigenvalue weighted by atomic mass is 10.3. The largest absolute Gasteiger partial charge is 0.299 e. The second-order valence-corrected chi connectivity index (χ2v) is 5.26. The highest BCUT2D eigenvalue weighted by Gasteiger charge is 2.02. The van der Waals surface area contributed by atoms with Crippen LogP contribution < -0.4 is 10.9 Å². The Kier molecular flexibility index (Phi) is 5.43. The van der Waals surface area contributed by atoms with E-state index in [0.29, 0.717) is 12.2 Å². The molecule has 0 aliphatic heterocycles. The monoisotopic (exact) mass is 290 g/mol. The molecule has 0 aromatic heterocycles. The molecular formula is C15H15FN2OS. The summed E-state index contributed by atoms with van der Waals surface area (Å²) in [5, 5.41) is 0. The van der Waals surface area contributed by atoms with E-state index in [2.05, 4.69) is 10.9 Å². The number of hydrogen-bond acceptors (Lipinski definition) is 3. The summed E-state index contributed by atoms with van der Waals surface area (Å²) >= 11 is 1.52. The molecule has 104 valence electrons. The average molecular weight is 290 g/mol. The molecule has 3 nitrogen and oxygen atoms in total. The van der Waals surface area contributed by atoms with Crippen LogP contribution in [0.15, 0.2) is 59.5 Å². The Morgan fingerprint density at radius 2 is 1.75 bits per heavy atom. The van der Waals surface area contributed by atoms with Crippen LogP contribution in [0, 0.1) is 5.82 Å². The second kappa shape index (κ2) is 7.55. The van der Waals surface area contributed by atoms with E-state index in [9.17, 15) is 9.18 Å². The van der Waals surface area contributed by atoms with E-state index in [0.717, 1.165) is 10.6 Å². The summed E-state index contributed by atoms with van der Waals surface area (Å²) in [6.45, 7) is 0. The lowest BCUT2D eigenvalue weighted by Crippen LogP contribution is -2.29. The Labute approximate surface area is 121 Å². The molecule has 0 saturated carbocycles. The third-order valence-electron chi connectivity index (χ3n) is 2.53. The fourth-order valence-electron chi connectivity index (χ4n) is 1.52. The van der Waals surface area contributed by atoms with Gasteiger partial charge in [-0.3, -0.25) is 15.6 Å². The molecule has 0 radical (unpaired) electrons. The first-order valence-corrected chi connectivity index (χ1v) is 7.21. The molecule has 2 aromatic rings. The fraction of sp³-hybridized carbons (Fsp3) is 0.133. The first-order valence-electron chi connectivity index (χ1n) is 6.22. The molecule has 5 heteroatoms. The minimum absolute atomic E-state index is 0.0801. The SMILES string of the molecule is O=C(CCSc1ccc(F)cc1)NNc1ccccc1. The van der Waals surface area contributed by atoms with Crippen molar-refractivity contribution in [2.75, 3.05) is 11.2 Å². The van der Waals surface area contributed by atoms with Crippen molar-refractivity contribution in [3.63, 3.8) is 0 Å². The molecule has 0 fully saturated rings. The quantitative estimate of drug-likeness (QED) is 0.632. The Balaban J connectivity index is 1.66. The van der Waals surface area contributed by atoms with E-state index in [-0.39, 0.29) is 11.7 Å². The third-order valence-corrected chi connectivity index (χ3v) is 3.55. The van der Waals surface area contributed by atoms with Gasteiger partial charge in [0.25, 0.3) is 0 Å². The number of nitrogens with one attached hydrogen (secondary N) is 2. The number of benzene rings is 2.